The van der Waals surface area contributed by atoms with Crippen LogP contribution in [0.1, 0.15) is 105 Å². The molecule has 1 aliphatic heterocycles. The molecule has 0 saturated heterocycles. The molecule has 210 valence electrons. The van der Waals surface area contributed by atoms with Gasteiger partial charge in [-0.15, -0.1) is 11.8 Å². The highest BCUT2D eigenvalue weighted by Crippen LogP contribution is 2.60. The van der Waals surface area contributed by atoms with E-state index in [2.05, 4.69) is 73.6 Å². The maximum Gasteiger partial charge on any atom is 0.0506 e. The summed E-state index contributed by atoms with van der Waals surface area (Å²) in [5.41, 5.74) is 11.2. The number of ether oxygens (including phenoxy) is 1. The van der Waals surface area contributed by atoms with Gasteiger partial charge in [0.2, 0.25) is 0 Å². The predicted molar refractivity (Wildman–Crippen MR) is 172 cm³/mol. The van der Waals surface area contributed by atoms with E-state index in [0.717, 1.165) is 26.1 Å². The van der Waals surface area contributed by atoms with E-state index in [1.165, 1.54) is 56.3 Å². The topological polar surface area (TPSA) is 9.23 Å². The van der Waals surface area contributed by atoms with Gasteiger partial charge in [0.25, 0.3) is 0 Å². The molecule has 1 saturated carbocycles. The molecule has 1 nitrogen and oxygen atoms in total. The maximum absolute atomic E-state index is 6.10. The van der Waals surface area contributed by atoms with Crippen LogP contribution >= 0.6 is 11.8 Å². The summed E-state index contributed by atoms with van der Waals surface area (Å²) in [6, 6.07) is 5.47. The Bertz CT molecular complexity index is 1290. The van der Waals surface area contributed by atoms with Crippen molar-refractivity contribution in [2.75, 3.05) is 19.0 Å². The van der Waals surface area contributed by atoms with Crippen LogP contribution in [0.2, 0.25) is 0 Å². The van der Waals surface area contributed by atoms with E-state index < -0.39 is 0 Å². The standard InChI is InChI=1S/C38H46OS/c1-3-19-39-20-17-29-28-12-8-9-14-30(28)37(26-18-21-40-24-26)36-23-35-32-16-10-15-27-25(2)11-6-4-5-7-13-31(38(27)32)34(35)22-33(29)36/h8-10,12,14-15,18,21-23,26-27,30-32,37-38H,2-7,11,13,16-17,19-20,24H2,1H3. The third kappa shape index (κ3) is 4.68. The van der Waals surface area contributed by atoms with Crippen molar-refractivity contribution in [2.24, 2.45) is 23.7 Å². The van der Waals surface area contributed by atoms with Crippen LogP contribution in [0.3, 0.4) is 0 Å². The van der Waals surface area contributed by atoms with Crippen molar-refractivity contribution in [1.82, 2.24) is 0 Å². The summed E-state index contributed by atoms with van der Waals surface area (Å²) in [7, 11) is 0. The highest BCUT2D eigenvalue weighted by atomic mass is 32.2. The SMILES string of the molecule is C=C1CCCCCCC2c3cc4c(cc3C3CC=CC1C32)C(C1C=CSC1)C1C=CC=CC1=C4CCOCCC. The molecule has 0 radical (unpaired) electrons. The first-order chi connectivity index (χ1) is 19.8. The quantitative estimate of drug-likeness (QED) is 0.257. The number of allylic oxidation sites excluding steroid dienone is 9. The minimum Gasteiger partial charge on any atom is -0.381 e. The Morgan fingerprint density at radius 3 is 2.70 bits per heavy atom. The lowest BCUT2D eigenvalue weighted by molar-refractivity contribution is 0.140. The van der Waals surface area contributed by atoms with Crippen LogP contribution in [0, 0.1) is 23.7 Å². The molecule has 2 heteroatoms. The van der Waals surface area contributed by atoms with Gasteiger partial charge in [0.05, 0.1) is 6.61 Å². The van der Waals surface area contributed by atoms with E-state index in [4.69, 9.17) is 4.74 Å². The number of rotatable bonds is 6. The lowest BCUT2D eigenvalue weighted by atomic mass is 9.64. The monoisotopic (exact) mass is 550 g/mol. The van der Waals surface area contributed by atoms with Crippen LogP contribution in [0.4, 0.5) is 0 Å². The van der Waals surface area contributed by atoms with Gasteiger partial charge in [-0.3, -0.25) is 0 Å². The Morgan fingerprint density at radius 2 is 1.82 bits per heavy atom. The highest BCUT2D eigenvalue weighted by Gasteiger charge is 2.47. The average molecular weight is 551 g/mol. The Morgan fingerprint density at radius 1 is 0.925 bits per heavy atom. The number of hydrogen-bond donors (Lipinski definition) is 0. The summed E-state index contributed by atoms with van der Waals surface area (Å²) in [5.74, 6) is 5.34. The zero-order valence-electron chi connectivity index (χ0n) is 24.3. The fraction of sp³-hybridized carbons (Fsp3) is 0.526. The second-order valence-corrected chi connectivity index (χ2v) is 14.0. The number of thioether (sulfide) groups is 1. The van der Waals surface area contributed by atoms with Gasteiger partial charge < -0.3 is 4.74 Å². The first-order valence-corrected chi connectivity index (χ1v) is 17.3. The highest BCUT2D eigenvalue weighted by molar-refractivity contribution is 8.02. The van der Waals surface area contributed by atoms with Crippen molar-refractivity contribution < 1.29 is 4.74 Å². The van der Waals surface area contributed by atoms with Crippen LogP contribution in [0.5, 0.6) is 0 Å². The molecular formula is C38H46OS. The molecule has 0 amide bonds. The number of benzene rings is 1. The number of hydrogen-bond acceptors (Lipinski definition) is 2. The fourth-order valence-electron chi connectivity index (χ4n) is 9.12. The van der Waals surface area contributed by atoms with Crippen LogP contribution in [0.25, 0.3) is 5.57 Å². The van der Waals surface area contributed by atoms with Crippen molar-refractivity contribution >= 4 is 17.3 Å². The van der Waals surface area contributed by atoms with Crippen molar-refractivity contribution in [3.8, 4) is 0 Å². The summed E-state index contributed by atoms with van der Waals surface area (Å²) in [6.07, 6.45) is 28.3. The Hall–Kier alpha value is -2.03. The zero-order valence-corrected chi connectivity index (χ0v) is 25.1. The lowest BCUT2D eigenvalue weighted by Crippen LogP contribution is -2.28. The van der Waals surface area contributed by atoms with Crippen molar-refractivity contribution in [1.29, 1.82) is 0 Å². The molecule has 1 fully saturated rings. The predicted octanol–water partition coefficient (Wildman–Crippen LogP) is 10.3. The van der Waals surface area contributed by atoms with E-state index in [1.54, 1.807) is 33.4 Å². The second-order valence-electron chi connectivity index (χ2n) is 13.1. The van der Waals surface area contributed by atoms with Gasteiger partial charge in [-0.2, -0.15) is 0 Å². The molecule has 40 heavy (non-hydrogen) atoms. The van der Waals surface area contributed by atoms with Crippen molar-refractivity contribution in [3.63, 3.8) is 0 Å². The molecule has 1 heterocycles. The first-order valence-electron chi connectivity index (χ1n) is 16.2. The van der Waals surface area contributed by atoms with Crippen LogP contribution < -0.4 is 0 Å². The third-order valence-electron chi connectivity index (χ3n) is 10.9. The van der Waals surface area contributed by atoms with Crippen molar-refractivity contribution in [3.05, 3.63) is 100 Å². The summed E-state index contributed by atoms with van der Waals surface area (Å²) in [4.78, 5) is 0. The minimum absolute atomic E-state index is 0.464. The van der Waals surface area contributed by atoms with E-state index in [-0.39, 0.29) is 0 Å². The molecule has 7 unspecified atom stereocenters. The van der Waals surface area contributed by atoms with Gasteiger partial charge in [0.1, 0.15) is 0 Å². The smallest absolute Gasteiger partial charge is 0.0506 e. The summed E-state index contributed by atoms with van der Waals surface area (Å²) >= 11 is 2.00. The fourth-order valence-corrected chi connectivity index (χ4v) is 10.1. The number of fused-ring (bicyclic) bond motifs is 5. The molecular weight excluding hydrogens is 504 g/mol. The van der Waals surface area contributed by atoms with Gasteiger partial charge in [-0.05, 0) is 101 Å². The molecule has 5 aliphatic carbocycles. The molecule has 6 aliphatic rings. The molecule has 0 N–H and O–H groups in total. The average Bonchev–Trinajstić information content (AvgIpc) is 3.62. The minimum atomic E-state index is 0.464. The molecule has 1 aromatic rings. The molecule has 0 bridgehead atoms. The Balaban J connectivity index is 1.37. The van der Waals surface area contributed by atoms with Crippen LogP contribution in [0.15, 0.2) is 77.8 Å². The summed E-state index contributed by atoms with van der Waals surface area (Å²) in [5, 5.41) is 2.35. The van der Waals surface area contributed by atoms with E-state index >= 15 is 0 Å². The summed E-state index contributed by atoms with van der Waals surface area (Å²) in [6.45, 7) is 8.57. The third-order valence-corrected chi connectivity index (χ3v) is 11.8. The second kappa shape index (κ2) is 11.7. The largest absolute Gasteiger partial charge is 0.381 e. The van der Waals surface area contributed by atoms with Crippen LogP contribution in [-0.2, 0) is 4.74 Å². The molecule has 0 spiro atoms. The molecule has 0 aromatic heterocycles. The molecule has 7 atom stereocenters. The van der Waals surface area contributed by atoms with Gasteiger partial charge in [-0.1, -0.05) is 93.0 Å². The first kappa shape index (κ1) is 26.8. The molecule has 1 aromatic carbocycles. The van der Waals surface area contributed by atoms with Gasteiger partial charge in [-0.25, -0.2) is 0 Å². The Labute approximate surface area is 246 Å². The maximum atomic E-state index is 6.10. The van der Waals surface area contributed by atoms with Gasteiger partial charge >= 0.3 is 0 Å². The molecule has 7 rings (SSSR count). The normalized spacial score (nSPS) is 34.0. The zero-order chi connectivity index (χ0) is 27.1. The van der Waals surface area contributed by atoms with Crippen molar-refractivity contribution in [2.45, 2.75) is 82.5 Å². The van der Waals surface area contributed by atoms with E-state index in [9.17, 15) is 0 Å². The van der Waals surface area contributed by atoms with Gasteiger partial charge in [0.15, 0.2) is 0 Å². The van der Waals surface area contributed by atoms with E-state index in [1.807, 2.05) is 11.8 Å². The van der Waals surface area contributed by atoms with Crippen LogP contribution in [-0.4, -0.2) is 19.0 Å². The van der Waals surface area contributed by atoms with E-state index in [0.29, 0.717) is 41.4 Å². The van der Waals surface area contributed by atoms with Gasteiger partial charge in [0, 0.05) is 30.1 Å². The summed E-state index contributed by atoms with van der Waals surface area (Å²) < 4.78 is 6.10. The lowest BCUT2D eigenvalue weighted by Gasteiger charge is -2.39. The Kier molecular flexibility index (Phi) is 7.84.